The SMILES string of the molecule is Cc1ccc2[nH]c3c(=O)n(CC(=O)N4CCN(c5ccc(F)cc5)CC4)cnc3c2c1. The minimum atomic E-state index is -0.265. The Balaban J connectivity index is 1.31. The van der Waals surface area contributed by atoms with E-state index in [2.05, 4.69) is 14.9 Å². The van der Waals surface area contributed by atoms with Crippen molar-refractivity contribution in [3.8, 4) is 0 Å². The average Bonchev–Trinajstić information content (AvgIpc) is 3.15. The third-order valence-corrected chi connectivity index (χ3v) is 5.86. The molecule has 0 spiro atoms. The van der Waals surface area contributed by atoms with Gasteiger partial charge in [0.1, 0.15) is 23.4 Å². The van der Waals surface area contributed by atoms with Crippen LogP contribution in [0, 0.1) is 12.7 Å². The van der Waals surface area contributed by atoms with Crippen LogP contribution in [-0.4, -0.2) is 51.5 Å². The van der Waals surface area contributed by atoms with Crippen LogP contribution >= 0.6 is 0 Å². The monoisotopic (exact) mass is 419 g/mol. The summed E-state index contributed by atoms with van der Waals surface area (Å²) in [6.45, 7) is 4.36. The molecule has 8 heteroatoms. The van der Waals surface area contributed by atoms with Gasteiger partial charge in [-0.15, -0.1) is 0 Å². The van der Waals surface area contributed by atoms with Crippen molar-refractivity contribution in [3.63, 3.8) is 0 Å². The van der Waals surface area contributed by atoms with Crippen LogP contribution in [0.5, 0.6) is 0 Å². The van der Waals surface area contributed by atoms with Gasteiger partial charge in [0, 0.05) is 42.8 Å². The summed E-state index contributed by atoms with van der Waals surface area (Å²) < 4.78 is 14.5. The van der Waals surface area contributed by atoms with Crippen molar-refractivity contribution in [2.75, 3.05) is 31.1 Å². The molecule has 0 aliphatic carbocycles. The molecule has 1 fully saturated rings. The zero-order valence-electron chi connectivity index (χ0n) is 17.1. The summed E-state index contributed by atoms with van der Waals surface area (Å²) in [6, 6.07) is 12.3. The van der Waals surface area contributed by atoms with Crippen LogP contribution in [0.3, 0.4) is 0 Å². The molecule has 4 aromatic rings. The topological polar surface area (TPSA) is 74.2 Å². The van der Waals surface area contributed by atoms with Gasteiger partial charge in [0.25, 0.3) is 5.56 Å². The number of aromatic amines is 1. The molecule has 0 radical (unpaired) electrons. The van der Waals surface area contributed by atoms with Crippen LogP contribution in [0.15, 0.2) is 53.6 Å². The van der Waals surface area contributed by atoms with Gasteiger partial charge in [-0.05, 0) is 43.3 Å². The van der Waals surface area contributed by atoms with Crippen molar-refractivity contribution in [1.29, 1.82) is 0 Å². The number of aromatic nitrogens is 3. The highest BCUT2D eigenvalue weighted by Gasteiger charge is 2.22. The van der Waals surface area contributed by atoms with E-state index < -0.39 is 0 Å². The van der Waals surface area contributed by atoms with Gasteiger partial charge in [0.15, 0.2) is 0 Å². The van der Waals surface area contributed by atoms with Crippen LogP contribution in [-0.2, 0) is 11.3 Å². The number of amides is 1. The van der Waals surface area contributed by atoms with Crippen LogP contribution < -0.4 is 10.5 Å². The number of benzene rings is 2. The van der Waals surface area contributed by atoms with E-state index >= 15 is 0 Å². The molecule has 2 aromatic heterocycles. The number of aryl methyl sites for hydroxylation is 1. The molecular formula is C23H22FN5O2. The normalized spacial score (nSPS) is 14.5. The van der Waals surface area contributed by atoms with Gasteiger partial charge in [0.2, 0.25) is 5.91 Å². The van der Waals surface area contributed by atoms with Crippen LogP contribution in [0.25, 0.3) is 21.9 Å². The summed E-state index contributed by atoms with van der Waals surface area (Å²) in [5.41, 5.74) is 3.67. The zero-order valence-corrected chi connectivity index (χ0v) is 17.1. The van der Waals surface area contributed by atoms with E-state index in [-0.39, 0.29) is 23.8 Å². The number of rotatable bonds is 3. The molecule has 3 heterocycles. The first-order chi connectivity index (χ1) is 15.0. The number of nitrogens with zero attached hydrogens (tertiary/aromatic N) is 4. The number of anilines is 1. The molecule has 1 saturated heterocycles. The highest BCUT2D eigenvalue weighted by atomic mass is 19.1. The lowest BCUT2D eigenvalue weighted by Crippen LogP contribution is -2.50. The van der Waals surface area contributed by atoms with E-state index in [0.29, 0.717) is 37.2 Å². The van der Waals surface area contributed by atoms with Crippen LogP contribution in [0.2, 0.25) is 0 Å². The molecule has 0 saturated carbocycles. The third kappa shape index (κ3) is 3.54. The van der Waals surface area contributed by atoms with E-state index in [9.17, 15) is 14.0 Å². The molecule has 1 aliphatic heterocycles. The number of nitrogens with one attached hydrogen (secondary N) is 1. The van der Waals surface area contributed by atoms with Gasteiger partial charge in [-0.1, -0.05) is 11.6 Å². The molecule has 0 unspecified atom stereocenters. The molecule has 2 aromatic carbocycles. The summed E-state index contributed by atoms with van der Waals surface area (Å²) in [7, 11) is 0. The first kappa shape index (κ1) is 19.3. The predicted molar refractivity (Wildman–Crippen MR) is 118 cm³/mol. The first-order valence-corrected chi connectivity index (χ1v) is 10.3. The van der Waals surface area contributed by atoms with Crippen molar-refractivity contribution in [1.82, 2.24) is 19.4 Å². The number of carbonyl (C=O) groups excluding carboxylic acids is 1. The first-order valence-electron chi connectivity index (χ1n) is 10.3. The second-order valence-corrected chi connectivity index (χ2v) is 7.92. The number of halogens is 1. The molecule has 0 atom stereocenters. The van der Waals surface area contributed by atoms with Gasteiger partial charge in [-0.3, -0.25) is 14.2 Å². The molecule has 1 aliphatic rings. The minimum absolute atomic E-state index is 0.0489. The second kappa shape index (κ2) is 7.54. The Kier molecular flexibility index (Phi) is 4.69. The number of piperazine rings is 1. The second-order valence-electron chi connectivity index (χ2n) is 7.92. The molecule has 31 heavy (non-hydrogen) atoms. The van der Waals surface area contributed by atoms with Crippen LogP contribution in [0.1, 0.15) is 5.56 Å². The van der Waals surface area contributed by atoms with Gasteiger partial charge in [-0.2, -0.15) is 0 Å². The Morgan fingerprint density at radius 3 is 2.58 bits per heavy atom. The fourth-order valence-corrected chi connectivity index (χ4v) is 4.13. The number of hydrogen-bond donors (Lipinski definition) is 1. The highest BCUT2D eigenvalue weighted by molar-refractivity contribution is 6.04. The summed E-state index contributed by atoms with van der Waals surface area (Å²) in [5, 5.41) is 0.905. The molecule has 5 rings (SSSR count). The summed E-state index contributed by atoms with van der Waals surface area (Å²) in [5.74, 6) is -0.382. The molecule has 7 nitrogen and oxygen atoms in total. The van der Waals surface area contributed by atoms with Crippen molar-refractivity contribution < 1.29 is 9.18 Å². The lowest BCUT2D eigenvalue weighted by molar-refractivity contribution is -0.132. The Morgan fingerprint density at radius 1 is 1.10 bits per heavy atom. The average molecular weight is 419 g/mol. The quantitative estimate of drug-likeness (QED) is 0.554. The Morgan fingerprint density at radius 2 is 1.84 bits per heavy atom. The van der Waals surface area contributed by atoms with Crippen molar-refractivity contribution in [2.24, 2.45) is 0 Å². The van der Waals surface area contributed by atoms with Gasteiger partial charge in [0.05, 0.1) is 6.33 Å². The lowest BCUT2D eigenvalue weighted by atomic mass is 10.2. The fraction of sp³-hybridized carbons (Fsp3) is 0.261. The Hall–Kier alpha value is -3.68. The Bertz CT molecular complexity index is 1330. The summed E-state index contributed by atoms with van der Waals surface area (Å²) >= 11 is 0. The predicted octanol–water partition coefficient (Wildman–Crippen LogP) is 2.67. The largest absolute Gasteiger partial charge is 0.368 e. The van der Waals surface area contributed by atoms with Gasteiger partial charge in [-0.25, -0.2) is 9.37 Å². The molecule has 1 N–H and O–H groups in total. The maximum Gasteiger partial charge on any atom is 0.278 e. The highest BCUT2D eigenvalue weighted by Crippen LogP contribution is 2.22. The zero-order chi connectivity index (χ0) is 21.5. The van der Waals surface area contributed by atoms with Gasteiger partial charge < -0.3 is 14.8 Å². The van der Waals surface area contributed by atoms with E-state index in [0.717, 1.165) is 22.2 Å². The lowest BCUT2D eigenvalue weighted by Gasteiger charge is -2.36. The maximum absolute atomic E-state index is 13.1. The van der Waals surface area contributed by atoms with Crippen molar-refractivity contribution >= 4 is 33.5 Å². The van der Waals surface area contributed by atoms with Gasteiger partial charge >= 0.3 is 0 Å². The molecule has 158 valence electrons. The maximum atomic E-state index is 13.1. The standard InChI is InChI=1S/C23H22FN5O2/c1-15-2-7-19-18(12-15)21-22(26-19)23(31)29(14-25-21)13-20(30)28-10-8-27(9-11-28)17-5-3-16(24)4-6-17/h2-7,12,14,26H,8-11,13H2,1H3. The Labute approximate surface area is 177 Å². The summed E-state index contributed by atoms with van der Waals surface area (Å²) in [6.07, 6.45) is 1.45. The van der Waals surface area contributed by atoms with E-state index in [1.54, 1.807) is 17.0 Å². The smallest absolute Gasteiger partial charge is 0.278 e. The van der Waals surface area contributed by atoms with Crippen molar-refractivity contribution in [3.05, 3.63) is 70.5 Å². The fourth-order valence-electron chi connectivity index (χ4n) is 4.13. The number of H-pyrrole nitrogens is 1. The molecular weight excluding hydrogens is 397 g/mol. The molecule has 0 bridgehead atoms. The van der Waals surface area contributed by atoms with Crippen molar-refractivity contribution in [2.45, 2.75) is 13.5 Å². The third-order valence-electron chi connectivity index (χ3n) is 5.86. The summed E-state index contributed by atoms with van der Waals surface area (Å²) in [4.78, 5) is 37.2. The van der Waals surface area contributed by atoms with E-state index in [1.165, 1.54) is 23.0 Å². The van der Waals surface area contributed by atoms with E-state index in [4.69, 9.17) is 0 Å². The number of fused-ring (bicyclic) bond motifs is 3. The number of carbonyl (C=O) groups is 1. The number of hydrogen-bond acceptors (Lipinski definition) is 4. The molecule has 1 amide bonds. The minimum Gasteiger partial charge on any atom is -0.368 e. The van der Waals surface area contributed by atoms with Crippen LogP contribution in [0.4, 0.5) is 10.1 Å². The van der Waals surface area contributed by atoms with E-state index in [1.807, 2.05) is 25.1 Å².